The predicted molar refractivity (Wildman–Crippen MR) is 93.5 cm³/mol. The smallest absolute Gasteiger partial charge is 0.204 e. The number of methoxy groups -OCH3 is 1. The normalized spacial score (nSPS) is 11.2. The Balaban J connectivity index is 2.35. The van der Waals surface area contributed by atoms with Crippen LogP contribution in [-0.2, 0) is 6.54 Å². The second kappa shape index (κ2) is 6.37. The molecule has 0 saturated heterocycles. The molecule has 0 aliphatic carbocycles. The molecular weight excluding hydrogens is 306 g/mol. The minimum atomic E-state index is -0.181. The second-order valence-corrected chi connectivity index (χ2v) is 5.86. The molecule has 0 spiro atoms. The molecule has 2 aromatic carbocycles. The Kier molecular flexibility index (Phi) is 4.27. The molecule has 1 aromatic heterocycles. The molecule has 0 atom stereocenters. The van der Waals surface area contributed by atoms with E-state index in [1.165, 1.54) is 19.4 Å². The van der Waals surface area contributed by atoms with Crippen LogP contribution in [0.4, 0.5) is 0 Å². The third kappa shape index (κ3) is 2.74. The van der Waals surface area contributed by atoms with Crippen LogP contribution in [0.3, 0.4) is 0 Å². The fourth-order valence-corrected chi connectivity index (χ4v) is 2.76. The van der Waals surface area contributed by atoms with Crippen LogP contribution < -0.4 is 10.2 Å². The molecule has 0 radical (unpaired) electrons. The summed E-state index contributed by atoms with van der Waals surface area (Å²) in [6.45, 7) is 0.444. The summed E-state index contributed by atoms with van der Waals surface area (Å²) < 4.78 is 11.1. The number of phenols is 1. The second-order valence-electron chi connectivity index (χ2n) is 5.86. The molecular formula is C19H19NO4. The fraction of sp³-hybridized carbons (Fsp3) is 0.211. The van der Waals surface area contributed by atoms with Gasteiger partial charge in [0.15, 0.2) is 0 Å². The van der Waals surface area contributed by atoms with Gasteiger partial charge in [-0.3, -0.25) is 4.79 Å². The topological polar surface area (TPSA) is 62.9 Å². The maximum Gasteiger partial charge on any atom is 0.204 e. The van der Waals surface area contributed by atoms with Crippen molar-refractivity contribution in [3.8, 4) is 22.6 Å². The zero-order valence-corrected chi connectivity index (χ0v) is 13.9. The van der Waals surface area contributed by atoms with E-state index in [0.29, 0.717) is 34.4 Å². The van der Waals surface area contributed by atoms with E-state index in [9.17, 15) is 9.90 Å². The number of phenolic OH excluding ortho intramolecular Hbond substituents is 1. The number of rotatable bonds is 4. The summed E-state index contributed by atoms with van der Waals surface area (Å²) >= 11 is 0. The third-order valence-electron chi connectivity index (χ3n) is 3.87. The number of ether oxygens (including phenoxy) is 1. The molecule has 0 fully saturated rings. The van der Waals surface area contributed by atoms with Crippen molar-refractivity contribution < 1.29 is 14.3 Å². The molecule has 5 nitrogen and oxygen atoms in total. The van der Waals surface area contributed by atoms with Crippen molar-refractivity contribution in [1.82, 2.24) is 4.90 Å². The summed E-state index contributed by atoms with van der Waals surface area (Å²) in [5, 5.41) is 10.6. The molecule has 1 N–H and O–H groups in total. The zero-order valence-electron chi connectivity index (χ0n) is 13.9. The lowest BCUT2D eigenvalue weighted by atomic mass is 10.0. The Bertz CT molecular complexity index is 929. The Morgan fingerprint density at radius 3 is 2.54 bits per heavy atom. The van der Waals surface area contributed by atoms with Crippen LogP contribution in [0.1, 0.15) is 5.56 Å². The molecule has 0 unspecified atom stereocenters. The summed E-state index contributed by atoms with van der Waals surface area (Å²) in [6, 6.07) is 10.8. The van der Waals surface area contributed by atoms with Gasteiger partial charge in [0.2, 0.25) is 5.43 Å². The van der Waals surface area contributed by atoms with E-state index in [4.69, 9.17) is 9.15 Å². The van der Waals surface area contributed by atoms with Gasteiger partial charge in [-0.2, -0.15) is 0 Å². The number of hydrogen-bond donors (Lipinski definition) is 1. The maximum atomic E-state index is 13.0. The van der Waals surface area contributed by atoms with Gasteiger partial charge in [-0.25, -0.2) is 0 Å². The van der Waals surface area contributed by atoms with Crippen LogP contribution in [0.2, 0.25) is 0 Å². The van der Waals surface area contributed by atoms with E-state index < -0.39 is 0 Å². The quantitative estimate of drug-likeness (QED) is 0.798. The van der Waals surface area contributed by atoms with Crippen molar-refractivity contribution in [1.29, 1.82) is 0 Å². The van der Waals surface area contributed by atoms with Crippen LogP contribution >= 0.6 is 0 Å². The molecule has 3 aromatic rings. The van der Waals surface area contributed by atoms with Crippen molar-refractivity contribution in [2.45, 2.75) is 6.54 Å². The van der Waals surface area contributed by atoms with Gasteiger partial charge in [-0.1, -0.05) is 30.3 Å². The van der Waals surface area contributed by atoms with Gasteiger partial charge < -0.3 is 19.2 Å². The predicted octanol–water partition coefficient (Wildman–Crippen LogP) is 3.24. The Labute approximate surface area is 139 Å². The lowest BCUT2D eigenvalue weighted by molar-refractivity contribution is 0.379. The molecule has 5 heteroatoms. The van der Waals surface area contributed by atoms with Crippen molar-refractivity contribution in [2.75, 3.05) is 21.2 Å². The lowest BCUT2D eigenvalue weighted by Gasteiger charge is -2.15. The van der Waals surface area contributed by atoms with Gasteiger partial charge in [0.25, 0.3) is 0 Å². The average molecular weight is 325 g/mol. The van der Waals surface area contributed by atoms with Gasteiger partial charge in [0.05, 0.1) is 18.2 Å². The highest BCUT2D eigenvalue weighted by molar-refractivity contribution is 5.91. The fourth-order valence-electron chi connectivity index (χ4n) is 2.76. The highest BCUT2D eigenvalue weighted by Gasteiger charge is 2.20. The van der Waals surface area contributed by atoms with E-state index in [1.807, 2.05) is 49.3 Å². The Hall–Kier alpha value is -2.79. The molecule has 0 aliphatic heterocycles. The summed E-state index contributed by atoms with van der Waals surface area (Å²) in [5.74, 6) is 0.347. The van der Waals surface area contributed by atoms with Crippen molar-refractivity contribution in [2.24, 2.45) is 0 Å². The molecule has 3 rings (SSSR count). The minimum absolute atomic E-state index is 0.0451. The summed E-state index contributed by atoms with van der Waals surface area (Å²) in [5.41, 5.74) is 1.97. The molecule has 1 heterocycles. The third-order valence-corrected chi connectivity index (χ3v) is 3.87. The summed E-state index contributed by atoms with van der Waals surface area (Å²) in [6.07, 6.45) is 1.44. The summed E-state index contributed by atoms with van der Waals surface area (Å²) in [7, 11) is 5.23. The van der Waals surface area contributed by atoms with E-state index in [0.717, 1.165) is 5.56 Å². The van der Waals surface area contributed by atoms with E-state index in [1.54, 1.807) is 0 Å². The van der Waals surface area contributed by atoms with Gasteiger partial charge in [0.1, 0.15) is 28.7 Å². The highest BCUT2D eigenvalue weighted by Crippen LogP contribution is 2.35. The lowest BCUT2D eigenvalue weighted by Crippen LogP contribution is -2.13. The van der Waals surface area contributed by atoms with Crippen LogP contribution in [0.15, 0.2) is 51.9 Å². The molecule has 0 amide bonds. The first-order valence-corrected chi connectivity index (χ1v) is 7.57. The number of nitrogens with zero attached hydrogens (tertiary/aromatic N) is 1. The number of fused-ring (bicyclic) bond motifs is 1. The Morgan fingerprint density at radius 1 is 1.21 bits per heavy atom. The average Bonchev–Trinajstić information content (AvgIpc) is 2.57. The number of aromatic hydroxyl groups is 1. The Morgan fingerprint density at radius 2 is 1.92 bits per heavy atom. The van der Waals surface area contributed by atoms with Crippen molar-refractivity contribution >= 4 is 11.0 Å². The standard InChI is InChI=1S/C19H19NO4/c1-20(2)10-13-15(21)9-16(23-3)17-18(22)14(11-24-19(13)17)12-7-5-4-6-8-12/h4-9,11,21H,10H2,1-3H3. The molecule has 0 aliphatic rings. The maximum absolute atomic E-state index is 13.0. The van der Waals surface area contributed by atoms with Crippen molar-refractivity contribution in [3.05, 3.63) is 58.4 Å². The van der Waals surface area contributed by atoms with E-state index in [2.05, 4.69) is 0 Å². The molecule has 24 heavy (non-hydrogen) atoms. The number of benzene rings is 2. The minimum Gasteiger partial charge on any atom is -0.507 e. The van der Waals surface area contributed by atoms with Gasteiger partial charge in [-0.05, 0) is 19.7 Å². The summed E-state index contributed by atoms with van der Waals surface area (Å²) in [4.78, 5) is 14.9. The van der Waals surface area contributed by atoms with Crippen LogP contribution in [0.5, 0.6) is 11.5 Å². The first-order chi connectivity index (χ1) is 11.5. The van der Waals surface area contributed by atoms with Crippen LogP contribution in [-0.4, -0.2) is 31.2 Å². The monoisotopic (exact) mass is 325 g/mol. The van der Waals surface area contributed by atoms with Crippen LogP contribution in [0.25, 0.3) is 22.1 Å². The first kappa shape index (κ1) is 16.1. The van der Waals surface area contributed by atoms with Crippen molar-refractivity contribution in [3.63, 3.8) is 0 Å². The molecule has 124 valence electrons. The zero-order chi connectivity index (χ0) is 17.3. The van der Waals surface area contributed by atoms with Gasteiger partial charge in [-0.15, -0.1) is 0 Å². The largest absolute Gasteiger partial charge is 0.507 e. The van der Waals surface area contributed by atoms with E-state index in [-0.39, 0.29) is 11.2 Å². The molecule has 0 saturated carbocycles. The molecule has 0 bridgehead atoms. The van der Waals surface area contributed by atoms with Gasteiger partial charge >= 0.3 is 0 Å². The van der Waals surface area contributed by atoms with Crippen LogP contribution in [0, 0.1) is 0 Å². The van der Waals surface area contributed by atoms with Gasteiger partial charge in [0, 0.05) is 12.6 Å². The number of hydrogen-bond acceptors (Lipinski definition) is 5. The first-order valence-electron chi connectivity index (χ1n) is 7.57. The highest BCUT2D eigenvalue weighted by atomic mass is 16.5. The SMILES string of the molecule is COc1cc(O)c(CN(C)C)c2occ(-c3ccccc3)c(=O)c12. The van der Waals surface area contributed by atoms with E-state index >= 15 is 0 Å².